The molecule has 142 valence electrons. The summed E-state index contributed by atoms with van der Waals surface area (Å²) in [6, 6.07) is 1.88. The van der Waals surface area contributed by atoms with Crippen LogP contribution in [0.15, 0.2) is 12.1 Å². The topological polar surface area (TPSA) is 79.4 Å². The Kier molecular flexibility index (Phi) is 4.63. The summed E-state index contributed by atoms with van der Waals surface area (Å²) < 4.78 is 27.2. The number of thiazole rings is 1. The van der Waals surface area contributed by atoms with Gasteiger partial charge in [0.1, 0.15) is 11.3 Å². The minimum Gasteiger partial charge on any atom is -0.302 e. The number of nitrogens with one attached hydrogen (secondary N) is 1. The van der Waals surface area contributed by atoms with Gasteiger partial charge in [0.05, 0.1) is 16.5 Å². The Bertz CT molecular complexity index is 921. The summed E-state index contributed by atoms with van der Waals surface area (Å²) in [7, 11) is 0. The molecule has 1 aliphatic heterocycles. The molecule has 0 spiro atoms. The summed E-state index contributed by atoms with van der Waals surface area (Å²) in [5.41, 5.74) is -0.00864. The van der Waals surface area contributed by atoms with E-state index in [0.29, 0.717) is 0 Å². The molecule has 3 amide bonds. The normalized spacial score (nSPS) is 22.4. The molecule has 2 aliphatic rings. The molecule has 0 radical (unpaired) electrons. The maximum Gasteiger partial charge on any atom is 0.233 e. The zero-order valence-electron chi connectivity index (χ0n) is 14.3. The second-order valence-corrected chi connectivity index (χ2v) is 7.91. The second kappa shape index (κ2) is 6.95. The molecule has 1 saturated heterocycles. The molecule has 4 rings (SSSR count). The third-order valence-corrected chi connectivity index (χ3v) is 6.07. The van der Waals surface area contributed by atoms with Gasteiger partial charge in [-0.25, -0.2) is 13.8 Å². The predicted octanol–water partition coefficient (Wildman–Crippen LogP) is 3.08. The van der Waals surface area contributed by atoms with Crippen molar-refractivity contribution in [3.63, 3.8) is 0 Å². The van der Waals surface area contributed by atoms with E-state index in [1.54, 1.807) is 0 Å². The Labute approximate surface area is 157 Å². The van der Waals surface area contributed by atoms with Gasteiger partial charge in [0.15, 0.2) is 10.9 Å². The van der Waals surface area contributed by atoms with E-state index in [1.165, 1.54) is 4.90 Å². The van der Waals surface area contributed by atoms with E-state index in [1.807, 2.05) is 0 Å². The number of hydrogen-bond donors (Lipinski definition) is 1. The van der Waals surface area contributed by atoms with Gasteiger partial charge in [-0.3, -0.25) is 19.3 Å². The van der Waals surface area contributed by atoms with Crippen LogP contribution in [0.1, 0.15) is 32.1 Å². The molecule has 2 fully saturated rings. The minimum absolute atomic E-state index is 0.00864. The van der Waals surface area contributed by atoms with E-state index in [0.717, 1.165) is 49.2 Å². The van der Waals surface area contributed by atoms with E-state index >= 15 is 0 Å². The number of hydrogen-bond acceptors (Lipinski definition) is 5. The lowest BCUT2D eigenvalue weighted by Crippen LogP contribution is -2.34. The second-order valence-electron chi connectivity index (χ2n) is 6.88. The van der Waals surface area contributed by atoms with Crippen LogP contribution in [0.4, 0.5) is 13.9 Å². The molecule has 1 N–H and O–H groups in total. The first kappa shape index (κ1) is 18.0. The monoisotopic (exact) mass is 393 g/mol. The fourth-order valence-electron chi connectivity index (χ4n) is 3.86. The van der Waals surface area contributed by atoms with Crippen LogP contribution >= 0.6 is 11.3 Å². The van der Waals surface area contributed by atoms with Gasteiger partial charge in [-0.05, 0) is 18.9 Å². The van der Waals surface area contributed by atoms with Crippen molar-refractivity contribution in [1.82, 2.24) is 9.88 Å². The maximum absolute atomic E-state index is 13.7. The Morgan fingerprint density at radius 3 is 2.52 bits per heavy atom. The van der Waals surface area contributed by atoms with Crippen molar-refractivity contribution in [2.45, 2.75) is 32.1 Å². The molecule has 2 atom stereocenters. The first-order valence-electron chi connectivity index (χ1n) is 8.84. The quantitative estimate of drug-likeness (QED) is 0.810. The number of carbonyl (C=O) groups excluding carboxylic acids is 3. The molecule has 1 aliphatic carbocycles. The number of amides is 3. The highest BCUT2D eigenvalue weighted by molar-refractivity contribution is 7.22. The molecule has 2 heterocycles. The molecule has 2 aromatic rings. The molecule has 0 bridgehead atoms. The van der Waals surface area contributed by atoms with Gasteiger partial charge in [-0.15, -0.1) is 0 Å². The number of benzene rings is 1. The minimum atomic E-state index is -0.794. The van der Waals surface area contributed by atoms with E-state index in [2.05, 4.69) is 10.3 Å². The van der Waals surface area contributed by atoms with Crippen LogP contribution in [0.5, 0.6) is 0 Å². The fourth-order valence-corrected chi connectivity index (χ4v) is 4.78. The summed E-state index contributed by atoms with van der Waals surface area (Å²) in [5, 5.41) is 2.67. The molecule has 9 heteroatoms. The van der Waals surface area contributed by atoms with Gasteiger partial charge < -0.3 is 5.32 Å². The highest BCUT2D eigenvalue weighted by Gasteiger charge is 2.47. The third kappa shape index (κ3) is 3.31. The van der Waals surface area contributed by atoms with Crippen molar-refractivity contribution in [3.05, 3.63) is 23.8 Å². The SMILES string of the molecule is O=C(CCN1C(=O)[C@H]2CCCC[C@H]2C1=O)Nc1nc2c(F)cc(F)cc2s1. The molecular formula is C18H17F2N3O3S. The van der Waals surface area contributed by atoms with Crippen LogP contribution < -0.4 is 5.32 Å². The first-order chi connectivity index (χ1) is 12.9. The van der Waals surface area contributed by atoms with Crippen LogP contribution in [-0.2, 0) is 14.4 Å². The third-order valence-electron chi connectivity index (χ3n) is 5.15. The average Bonchev–Trinajstić information content (AvgIpc) is 3.13. The van der Waals surface area contributed by atoms with Crippen molar-refractivity contribution in [1.29, 1.82) is 0 Å². The molecular weight excluding hydrogens is 376 g/mol. The van der Waals surface area contributed by atoms with Crippen LogP contribution in [-0.4, -0.2) is 34.2 Å². The van der Waals surface area contributed by atoms with Crippen molar-refractivity contribution < 1.29 is 23.2 Å². The number of fused-ring (bicyclic) bond motifs is 2. The zero-order chi connectivity index (χ0) is 19.1. The lowest BCUT2D eigenvalue weighted by atomic mass is 9.81. The zero-order valence-corrected chi connectivity index (χ0v) is 15.2. The Morgan fingerprint density at radius 2 is 1.85 bits per heavy atom. The number of anilines is 1. The molecule has 1 aromatic heterocycles. The molecule has 27 heavy (non-hydrogen) atoms. The summed E-state index contributed by atoms with van der Waals surface area (Å²) in [5.74, 6) is -2.80. The first-order valence-corrected chi connectivity index (χ1v) is 9.66. The molecule has 6 nitrogen and oxygen atoms in total. The smallest absolute Gasteiger partial charge is 0.233 e. The van der Waals surface area contributed by atoms with E-state index in [4.69, 9.17) is 0 Å². The number of nitrogens with zero attached hydrogens (tertiary/aromatic N) is 2. The summed E-state index contributed by atoms with van der Waals surface area (Å²) in [6.45, 7) is 0.0182. The van der Waals surface area contributed by atoms with E-state index in [9.17, 15) is 23.2 Å². The fraction of sp³-hybridized carbons (Fsp3) is 0.444. The van der Waals surface area contributed by atoms with Crippen molar-refractivity contribution >= 4 is 44.4 Å². The van der Waals surface area contributed by atoms with Crippen LogP contribution in [0.3, 0.4) is 0 Å². The van der Waals surface area contributed by atoms with Crippen LogP contribution in [0, 0.1) is 23.5 Å². The number of likely N-dealkylation sites (tertiary alicyclic amines) is 1. The number of halogens is 2. The summed E-state index contributed by atoms with van der Waals surface area (Å²) >= 11 is 0.959. The average molecular weight is 393 g/mol. The van der Waals surface area contributed by atoms with Crippen molar-refractivity contribution in [2.75, 3.05) is 11.9 Å². The summed E-state index contributed by atoms with van der Waals surface area (Å²) in [6.07, 6.45) is 3.29. The maximum atomic E-state index is 13.7. The van der Waals surface area contributed by atoms with Crippen molar-refractivity contribution in [3.8, 4) is 0 Å². The highest BCUT2D eigenvalue weighted by atomic mass is 32.1. The van der Waals surface area contributed by atoms with Gasteiger partial charge in [-0.1, -0.05) is 24.2 Å². The van der Waals surface area contributed by atoms with Crippen LogP contribution in [0.2, 0.25) is 0 Å². The van der Waals surface area contributed by atoms with Gasteiger partial charge in [0, 0.05) is 19.0 Å². The number of aromatic nitrogens is 1. The van der Waals surface area contributed by atoms with E-state index in [-0.39, 0.29) is 52.0 Å². The lowest BCUT2D eigenvalue weighted by molar-refractivity contribution is -0.140. The van der Waals surface area contributed by atoms with E-state index < -0.39 is 17.5 Å². The van der Waals surface area contributed by atoms with Gasteiger partial charge >= 0.3 is 0 Å². The van der Waals surface area contributed by atoms with Gasteiger partial charge in [-0.2, -0.15) is 0 Å². The lowest BCUT2D eigenvalue weighted by Gasteiger charge is -2.19. The highest BCUT2D eigenvalue weighted by Crippen LogP contribution is 2.38. The Morgan fingerprint density at radius 1 is 1.19 bits per heavy atom. The number of rotatable bonds is 4. The van der Waals surface area contributed by atoms with Crippen LogP contribution in [0.25, 0.3) is 10.2 Å². The Hall–Kier alpha value is -2.42. The summed E-state index contributed by atoms with van der Waals surface area (Å²) in [4.78, 5) is 42.1. The van der Waals surface area contributed by atoms with Crippen molar-refractivity contribution in [2.24, 2.45) is 11.8 Å². The predicted molar refractivity (Wildman–Crippen MR) is 95.0 cm³/mol. The van der Waals surface area contributed by atoms with Gasteiger partial charge in [0.25, 0.3) is 0 Å². The molecule has 1 aromatic carbocycles. The standard InChI is InChI=1S/C18H17F2N3O3S/c19-9-7-12(20)15-13(8-9)27-18(22-15)21-14(24)5-6-23-16(25)10-3-1-2-4-11(10)17(23)26/h7-8,10-11H,1-6H2,(H,21,22,24)/t10-,11+. The number of carbonyl (C=O) groups is 3. The molecule has 0 unspecified atom stereocenters. The number of imide groups is 1. The molecule has 1 saturated carbocycles. The van der Waals surface area contributed by atoms with Gasteiger partial charge in [0.2, 0.25) is 17.7 Å². The Balaban J connectivity index is 1.39. The largest absolute Gasteiger partial charge is 0.302 e.